The Bertz CT molecular complexity index is 756. The number of benzene rings is 1. The highest BCUT2D eigenvalue weighted by atomic mass is 32.2. The third-order valence-electron chi connectivity index (χ3n) is 3.04. The van der Waals surface area contributed by atoms with Gasteiger partial charge in [0.1, 0.15) is 5.52 Å². The second-order valence-corrected chi connectivity index (χ2v) is 5.86. The number of hydrogen-bond donors (Lipinski definition) is 2. The maximum atomic E-state index is 12.0. The van der Waals surface area contributed by atoms with Gasteiger partial charge in [-0.3, -0.25) is 4.79 Å². The largest absolute Gasteiger partial charge is 0.345 e. The average Bonchev–Trinajstić information content (AvgIpc) is 2.95. The molecule has 1 atom stereocenters. The topological polar surface area (TPSA) is 70.7 Å². The Morgan fingerprint density at radius 1 is 1.29 bits per heavy atom. The number of nitrogens with one attached hydrogen (secondary N) is 2. The number of carbonyl (C=O) groups excluding carboxylic acids is 1. The number of hydrogen-bond acceptors (Lipinski definition) is 4. The zero-order valence-electron chi connectivity index (χ0n) is 11.4. The van der Waals surface area contributed by atoms with Crippen LogP contribution in [0.4, 0.5) is 10.6 Å². The van der Waals surface area contributed by atoms with Crippen molar-refractivity contribution in [2.75, 3.05) is 5.32 Å². The normalized spacial score (nSPS) is 12.2. The summed E-state index contributed by atoms with van der Waals surface area (Å²) in [5, 5.41) is 2.70. The molecule has 0 bridgehead atoms. The van der Waals surface area contributed by atoms with E-state index in [9.17, 15) is 4.79 Å². The van der Waals surface area contributed by atoms with Gasteiger partial charge in [-0.2, -0.15) is 0 Å². The van der Waals surface area contributed by atoms with Crippen LogP contribution in [-0.2, 0) is 0 Å². The third-order valence-corrected chi connectivity index (χ3v) is 3.99. The fourth-order valence-corrected chi connectivity index (χ4v) is 2.76. The van der Waals surface area contributed by atoms with Crippen LogP contribution in [0.25, 0.3) is 11.2 Å². The summed E-state index contributed by atoms with van der Waals surface area (Å²) in [5.74, 6) is 0.458. The van der Waals surface area contributed by atoms with Crippen LogP contribution in [-0.4, -0.2) is 20.2 Å². The number of nitrogens with zero attached hydrogens (tertiary/aromatic N) is 2. The lowest BCUT2D eigenvalue weighted by Gasteiger charge is -2.10. The Kier molecular flexibility index (Phi) is 3.87. The van der Waals surface area contributed by atoms with Gasteiger partial charge in [0, 0.05) is 11.4 Å². The van der Waals surface area contributed by atoms with Gasteiger partial charge in [-0.1, -0.05) is 42.1 Å². The van der Waals surface area contributed by atoms with Gasteiger partial charge in [-0.25, -0.2) is 9.97 Å². The average molecular weight is 298 g/mol. The molecular weight excluding hydrogens is 284 g/mol. The van der Waals surface area contributed by atoms with Crippen LogP contribution in [0.15, 0.2) is 48.8 Å². The van der Waals surface area contributed by atoms with E-state index < -0.39 is 0 Å². The summed E-state index contributed by atoms with van der Waals surface area (Å²) in [5.41, 5.74) is 2.55. The van der Waals surface area contributed by atoms with Crippen molar-refractivity contribution in [2.45, 2.75) is 12.2 Å². The van der Waals surface area contributed by atoms with E-state index in [1.807, 2.05) is 43.3 Å². The maximum Gasteiger partial charge on any atom is 0.285 e. The highest BCUT2D eigenvalue weighted by molar-refractivity contribution is 8.14. The summed E-state index contributed by atoms with van der Waals surface area (Å²) in [7, 11) is 0. The quantitative estimate of drug-likeness (QED) is 0.767. The van der Waals surface area contributed by atoms with Crippen LogP contribution in [0.3, 0.4) is 0 Å². The predicted molar refractivity (Wildman–Crippen MR) is 85.4 cm³/mol. The van der Waals surface area contributed by atoms with Crippen LogP contribution in [0.5, 0.6) is 0 Å². The van der Waals surface area contributed by atoms with Crippen molar-refractivity contribution in [3.8, 4) is 0 Å². The molecule has 3 aromatic rings. The molecule has 0 fully saturated rings. The molecule has 0 aliphatic rings. The molecule has 0 spiro atoms. The number of anilines is 1. The molecule has 0 radical (unpaired) electrons. The van der Waals surface area contributed by atoms with E-state index in [-0.39, 0.29) is 10.5 Å². The van der Waals surface area contributed by atoms with Gasteiger partial charge in [0.05, 0.1) is 6.20 Å². The molecule has 21 heavy (non-hydrogen) atoms. The van der Waals surface area contributed by atoms with Crippen molar-refractivity contribution in [1.29, 1.82) is 0 Å². The Morgan fingerprint density at radius 3 is 2.90 bits per heavy atom. The summed E-state index contributed by atoms with van der Waals surface area (Å²) < 4.78 is 0. The zero-order valence-corrected chi connectivity index (χ0v) is 12.2. The summed E-state index contributed by atoms with van der Waals surface area (Å²) in [6, 6.07) is 11.7. The molecular formula is C15H14N4OS. The first kappa shape index (κ1) is 13.6. The van der Waals surface area contributed by atoms with Crippen molar-refractivity contribution in [2.24, 2.45) is 0 Å². The number of aromatic nitrogens is 3. The fraction of sp³-hybridized carbons (Fsp3) is 0.133. The standard InChI is InChI=1S/C15H14N4OS/c1-10(11-5-3-2-4-6-11)21-15(20)19-13-9-17-14-12(18-13)7-8-16-14/h2-10H,1H3,(H,16,17)(H,18,19,20). The van der Waals surface area contributed by atoms with E-state index in [2.05, 4.69) is 20.3 Å². The Hall–Kier alpha value is -2.34. The molecule has 1 aromatic carbocycles. The molecule has 1 amide bonds. The van der Waals surface area contributed by atoms with Gasteiger partial charge in [0.2, 0.25) is 0 Å². The summed E-state index contributed by atoms with van der Waals surface area (Å²) in [6.45, 7) is 2.00. The van der Waals surface area contributed by atoms with Crippen LogP contribution < -0.4 is 5.32 Å². The van der Waals surface area contributed by atoms with Gasteiger partial charge in [-0.05, 0) is 18.6 Å². The molecule has 1 unspecified atom stereocenters. The lowest BCUT2D eigenvalue weighted by molar-refractivity contribution is 0.269. The summed E-state index contributed by atoms with van der Waals surface area (Å²) in [4.78, 5) is 23.5. The SMILES string of the molecule is CC(SC(=O)Nc1cnc2[nH]ccc2n1)c1ccccc1. The molecule has 5 nitrogen and oxygen atoms in total. The maximum absolute atomic E-state index is 12.0. The van der Waals surface area contributed by atoms with Crippen molar-refractivity contribution in [3.63, 3.8) is 0 Å². The number of aromatic amines is 1. The minimum absolute atomic E-state index is 0.0788. The Balaban J connectivity index is 1.66. The van der Waals surface area contributed by atoms with E-state index >= 15 is 0 Å². The molecule has 2 heterocycles. The van der Waals surface area contributed by atoms with Gasteiger partial charge >= 0.3 is 0 Å². The van der Waals surface area contributed by atoms with E-state index in [1.54, 1.807) is 12.4 Å². The first-order valence-electron chi connectivity index (χ1n) is 6.55. The second-order valence-electron chi connectivity index (χ2n) is 4.55. The minimum atomic E-state index is -0.143. The molecule has 106 valence electrons. The highest BCUT2D eigenvalue weighted by Gasteiger charge is 2.12. The molecule has 2 N–H and O–H groups in total. The number of rotatable bonds is 3. The first-order valence-corrected chi connectivity index (χ1v) is 7.43. The number of fused-ring (bicyclic) bond motifs is 1. The number of amides is 1. The molecule has 0 saturated carbocycles. The van der Waals surface area contributed by atoms with E-state index in [0.717, 1.165) is 11.1 Å². The minimum Gasteiger partial charge on any atom is -0.345 e. The van der Waals surface area contributed by atoms with E-state index in [0.29, 0.717) is 11.5 Å². The lowest BCUT2D eigenvalue weighted by atomic mass is 10.2. The number of carbonyl (C=O) groups is 1. The fourth-order valence-electron chi connectivity index (χ4n) is 1.98. The summed E-state index contributed by atoms with van der Waals surface area (Å²) >= 11 is 1.23. The van der Waals surface area contributed by atoms with Gasteiger partial charge in [-0.15, -0.1) is 0 Å². The molecule has 3 rings (SSSR count). The monoisotopic (exact) mass is 298 g/mol. The van der Waals surface area contributed by atoms with Crippen LogP contribution in [0, 0.1) is 0 Å². The Morgan fingerprint density at radius 2 is 2.10 bits per heavy atom. The van der Waals surface area contributed by atoms with Crippen LogP contribution >= 0.6 is 11.8 Å². The second kappa shape index (κ2) is 5.97. The molecule has 6 heteroatoms. The first-order chi connectivity index (χ1) is 10.2. The van der Waals surface area contributed by atoms with E-state index in [1.165, 1.54) is 11.8 Å². The highest BCUT2D eigenvalue weighted by Crippen LogP contribution is 2.29. The molecule has 0 aliphatic heterocycles. The van der Waals surface area contributed by atoms with Gasteiger partial charge < -0.3 is 10.3 Å². The van der Waals surface area contributed by atoms with Crippen molar-refractivity contribution in [3.05, 3.63) is 54.4 Å². The van der Waals surface area contributed by atoms with Crippen LogP contribution in [0.1, 0.15) is 17.7 Å². The van der Waals surface area contributed by atoms with Crippen molar-refractivity contribution in [1.82, 2.24) is 15.0 Å². The zero-order chi connectivity index (χ0) is 14.7. The van der Waals surface area contributed by atoms with Crippen molar-refractivity contribution >= 4 is 34.0 Å². The smallest absolute Gasteiger partial charge is 0.285 e. The molecule has 0 aliphatic carbocycles. The summed E-state index contributed by atoms with van der Waals surface area (Å²) in [6.07, 6.45) is 3.31. The van der Waals surface area contributed by atoms with Gasteiger partial charge in [0.25, 0.3) is 5.24 Å². The molecule has 0 saturated heterocycles. The predicted octanol–water partition coefficient (Wildman–Crippen LogP) is 3.98. The Labute approximate surface area is 126 Å². The lowest BCUT2D eigenvalue weighted by Crippen LogP contribution is -2.08. The third kappa shape index (κ3) is 3.22. The van der Waals surface area contributed by atoms with Crippen molar-refractivity contribution < 1.29 is 4.79 Å². The number of H-pyrrole nitrogens is 1. The van der Waals surface area contributed by atoms with Gasteiger partial charge in [0.15, 0.2) is 11.5 Å². The van der Waals surface area contributed by atoms with Crippen LogP contribution in [0.2, 0.25) is 0 Å². The van der Waals surface area contributed by atoms with E-state index in [4.69, 9.17) is 0 Å². The number of thioether (sulfide) groups is 1. The molecule has 2 aromatic heterocycles.